The van der Waals surface area contributed by atoms with Crippen LogP contribution in [-0.4, -0.2) is 41.7 Å². The second kappa shape index (κ2) is 13.4. The lowest BCUT2D eigenvalue weighted by atomic mass is 9.98. The van der Waals surface area contributed by atoms with Crippen molar-refractivity contribution >= 4 is 6.21 Å². The summed E-state index contributed by atoms with van der Waals surface area (Å²) in [4.78, 5) is 9.73. The Kier molecular flexibility index (Phi) is 9.95. The van der Waals surface area contributed by atoms with E-state index in [1.807, 2.05) is 6.21 Å². The first-order valence-electron chi connectivity index (χ1n) is 12.1. The number of nitrogens with zero attached hydrogens (tertiary/aromatic N) is 3. The third-order valence-electron chi connectivity index (χ3n) is 6.32. The summed E-state index contributed by atoms with van der Waals surface area (Å²) in [6.45, 7) is 9.26. The van der Waals surface area contributed by atoms with Gasteiger partial charge in [-0.25, -0.2) is 0 Å². The van der Waals surface area contributed by atoms with Gasteiger partial charge in [-0.15, -0.1) is 12.8 Å². The lowest BCUT2D eigenvalue weighted by Gasteiger charge is -2.41. The molecular weight excluding hydrogens is 414 g/mol. The number of hydrogen-bond acceptors (Lipinski definition) is 3. The van der Waals surface area contributed by atoms with Crippen molar-refractivity contribution in [3.63, 3.8) is 0 Å². The van der Waals surface area contributed by atoms with Crippen molar-refractivity contribution in [1.29, 1.82) is 0 Å². The molecular formula is C31H37N3. The molecule has 0 saturated carbocycles. The van der Waals surface area contributed by atoms with Crippen LogP contribution in [0.2, 0.25) is 0 Å². The molecule has 3 nitrogen and oxygen atoms in total. The van der Waals surface area contributed by atoms with E-state index in [1.165, 1.54) is 40.8 Å². The van der Waals surface area contributed by atoms with Crippen molar-refractivity contribution in [1.82, 2.24) is 9.80 Å². The number of rotatable bonds is 7. The third-order valence-corrected chi connectivity index (χ3v) is 6.32. The first-order chi connectivity index (χ1) is 16.7. The lowest BCUT2D eigenvalue weighted by molar-refractivity contribution is 0.111. The average Bonchev–Trinajstić information content (AvgIpc) is 2.90. The normalized spacial score (nSPS) is 17.1. The van der Waals surface area contributed by atoms with E-state index in [-0.39, 0.29) is 0 Å². The van der Waals surface area contributed by atoms with Gasteiger partial charge < -0.3 is 4.90 Å². The Bertz CT molecular complexity index is 975. The molecule has 34 heavy (non-hydrogen) atoms. The van der Waals surface area contributed by atoms with Crippen molar-refractivity contribution in [3.05, 3.63) is 107 Å². The predicted molar refractivity (Wildman–Crippen MR) is 146 cm³/mol. The van der Waals surface area contributed by atoms with Gasteiger partial charge in [-0.1, -0.05) is 78.4 Å². The van der Waals surface area contributed by atoms with Crippen LogP contribution in [0.15, 0.2) is 101 Å². The van der Waals surface area contributed by atoms with Crippen molar-refractivity contribution in [2.75, 3.05) is 19.6 Å². The number of likely N-dealkylation sites (tertiary alicyclic amines) is 1. The summed E-state index contributed by atoms with van der Waals surface area (Å²) < 4.78 is 0. The SMILES string of the molecule is C#C.CC(C)=C/C=C1\CN=CC=C1N1CCC(N(Cc2ccccc2)Cc2ccccc2)CC1. The Hall–Kier alpha value is -3.35. The number of benzene rings is 2. The summed E-state index contributed by atoms with van der Waals surface area (Å²) in [6.07, 6.45) is 19.0. The number of piperidine rings is 1. The summed E-state index contributed by atoms with van der Waals surface area (Å²) in [5, 5.41) is 0. The van der Waals surface area contributed by atoms with Gasteiger partial charge in [0.15, 0.2) is 0 Å². The molecule has 176 valence electrons. The van der Waals surface area contributed by atoms with Gasteiger partial charge in [0, 0.05) is 44.1 Å². The molecule has 2 aliphatic rings. The molecule has 3 heteroatoms. The summed E-state index contributed by atoms with van der Waals surface area (Å²) in [7, 11) is 0. The maximum atomic E-state index is 4.48. The quantitative estimate of drug-likeness (QED) is 0.463. The molecule has 1 saturated heterocycles. The Morgan fingerprint density at radius 1 is 0.941 bits per heavy atom. The van der Waals surface area contributed by atoms with Gasteiger partial charge in [-0.2, -0.15) is 0 Å². The minimum Gasteiger partial charge on any atom is -0.371 e. The van der Waals surface area contributed by atoms with E-state index in [9.17, 15) is 0 Å². The Labute approximate surface area is 206 Å². The Morgan fingerprint density at radius 3 is 2.03 bits per heavy atom. The van der Waals surface area contributed by atoms with Crippen LogP contribution in [0.25, 0.3) is 0 Å². The van der Waals surface area contributed by atoms with Crippen molar-refractivity contribution in [2.24, 2.45) is 4.99 Å². The van der Waals surface area contributed by atoms with Gasteiger partial charge in [0.1, 0.15) is 0 Å². The van der Waals surface area contributed by atoms with Crippen molar-refractivity contribution < 1.29 is 0 Å². The summed E-state index contributed by atoms with van der Waals surface area (Å²) in [6, 6.07) is 22.4. The summed E-state index contributed by atoms with van der Waals surface area (Å²) >= 11 is 0. The predicted octanol–water partition coefficient (Wildman–Crippen LogP) is 6.26. The molecule has 0 bridgehead atoms. The number of aliphatic imine (C=N–C) groups is 1. The maximum absolute atomic E-state index is 4.48. The van der Waals surface area contributed by atoms with E-state index in [4.69, 9.17) is 0 Å². The highest BCUT2D eigenvalue weighted by Gasteiger charge is 2.27. The van der Waals surface area contributed by atoms with Gasteiger partial charge in [0.2, 0.25) is 0 Å². The van der Waals surface area contributed by atoms with Crippen LogP contribution in [0.5, 0.6) is 0 Å². The van der Waals surface area contributed by atoms with E-state index in [0.29, 0.717) is 6.04 Å². The first kappa shape index (κ1) is 25.3. The molecule has 0 atom stereocenters. The van der Waals surface area contributed by atoms with E-state index < -0.39 is 0 Å². The fraction of sp³-hybridized carbons (Fsp3) is 0.323. The monoisotopic (exact) mass is 451 g/mol. The molecule has 1 fully saturated rings. The van der Waals surface area contributed by atoms with Crippen LogP contribution in [-0.2, 0) is 13.1 Å². The van der Waals surface area contributed by atoms with E-state index in [0.717, 1.165) is 32.7 Å². The van der Waals surface area contributed by atoms with E-state index >= 15 is 0 Å². The molecule has 0 spiro atoms. The van der Waals surface area contributed by atoms with Gasteiger partial charge >= 0.3 is 0 Å². The Morgan fingerprint density at radius 2 is 1.50 bits per heavy atom. The number of hydrogen-bond donors (Lipinski definition) is 0. The third kappa shape index (κ3) is 7.33. The molecule has 2 aromatic rings. The topological polar surface area (TPSA) is 18.8 Å². The maximum Gasteiger partial charge on any atom is 0.0660 e. The zero-order valence-corrected chi connectivity index (χ0v) is 20.6. The first-order valence-corrected chi connectivity index (χ1v) is 12.1. The van der Waals surface area contributed by atoms with Gasteiger partial charge in [-0.05, 0) is 49.5 Å². The highest BCUT2D eigenvalue weighted by Crippen LogP contribution is 2.27. The van der Waals surface area contributed by atoms with Crippen molar-refractivity contribution in [2.45, 2.75) is 45.8 Å². The molecule has 0 N–H and O–H groups in total. The molecule has 4 rings (SSSR count). The molecule has 0 aliphatic carbocycles. The lowest BCUT2D eigenvalue weighted by Crippen LogP contribution is -2.44. The smallest absolute Gasteiger partial charge is 0.0660 e. The average molecular weight is 452 g/mol. The van der Waals surface area contributed by atoms with E-state index in [2.05, 4.69) is 120 Å². The zero-order chi connectivity index (χ0) is 24.2. The second-order valence-corrected chi connectivity index (χ2v) is 9.07. The fourth-order valence-electron chi connectivity index (χ4n) is 4.60. The van der Waals surface area contributed by atoms with Crippen molar-refractivity contribution in [3.8, 4) is 12.8 Å². The van der Waals surface area contributed by atoms with E-state index in [1.54, 1.807) is 0 Å². The second-order valence-electron chi connectivity index (χ2n) is 9.07. The summed E-state index contributed by atoms with van der Waals surface area (Å²) in [5.41, 5.74) is 6.79. The highest BCUT2D eigenvalue weighted by molar-refractivity contribution is 5.75. The van der Waals surface area contributed by atoms with Crippen LogP contribution < -0.4 is 0 Å². The number of terminal acetylenes is 1. The minimum atomic E-state index is 0.592. The highest BCUT2D eigenvalue weighted by atomic mass is 15.2. The van der Waals surface area contributed by atoms with Gasteiger partial charge in [0.05, 0.1) is 6.54 Å². The molecule has 2 aromatic carbocycles. The molecule has 0 aromatic heterocycles. The number of dihydropyridines is 1. The van der Waals surface area contributed by atoms with Crippen LogP contribution in [0.4, 0.5) is 0 Å². The Balaban J connectivity index is 0.00000158. The molecule has 0 radical (unpaired) electrons. The molecule has 0 unspecified atom stereocenters. The minimum absolute atomic E-state index is 0.592. The van der Waals surface area contributed by atoms with Crippen LogP contribution >= 0.6 is 0 Å². The van der Waals surface area contributed by atoms with Gasteiger partial charge in [0.25, 0.3) is 0 Å². The largest absolute Gasteiger partial charge is 0.371 e. The van der Waals surface area contributed by atoms with Crippen LogP contribution in [0.1, 0.15) is 37.8 Å². The number of allylic oxidation sites excluding steroid dienone is 4. The molecule has 2 heterocycles. The molecule has 2 aliphatic heterocycles. The standard InChI is InChI=1S/C29H35N3.C2H2/c1-24(2)13-14-27-21-30-18-15-29(27)31-19-16-28(17-20-31)32(22-25-9-5-3-6-10-25)23-26-11-7-4-8-12-26;1-2/h3-15,18,28H,16-17,19-23H2,1-2H3;1-2H/b27-14+;. The molecule has 0 amide bonds. The van der Waals surface area contributed by atoms with Gasteiger partial charge in [-0.3, -0.25) is 9.89 Å². The fourth-order valence-corrected chi connectivity index (χ4v) is 4.60. The van der Waals surface area contributed by atoms with Crippen LogP contribution in [0, 0.1) is 12.8 Å². The zero-order valence-electron chi connectivity index (χ0n) is 20.6. The van der Waals surface area contributed by atoms with Crippen LogP contribution in [0.3, 0.4) is 0 Å². The summed E-state index contributed by atoms with van der Waals surface area (Å²) in [5.74, 6) is 0.